The Morgan fingerprint density at radius 2 is 2.11 bits per heavy atom. The summed E-state index contributed by atoms with van der Waals surface area (Å²) < 4.78 is 5.73. The summed E-state index contributed by atoms with van der Waals surface area (Å²) >= 11 is 0. The number of rotatable bonds is 4. The van der Waals surface area contributed by atoms with Crippen LogP contribution in [-0.4, -0.2) is 23.7 Å². The lowest BCUT2D eigenvalue weighted by atomic mass is 10.1. The van der Waals surface area contributed by atoms with E-state index in [1.165, 1.54) is 0 Å². The van der Waals surface area contributed by atoms with Crippen LogP contribution in [0.2, 0.25) is 0 Å². The van der Waals surface area contributed by atoms with E-state index in [2.05, 4.69) is 12.2 Å². The Bertz CT molecular complexity index is 488. The monoisotopic (exact) mass is 264 g/mol. The van der Waals surface area contributed by atoms with E-state index in [0.29, 0.717) is 18.2 Å². The topological polar surface area (TPSA) is 64.4 Å². The number of benzene rings is 1. The van der Waals surface area contributed by atoms with Crippen molar-refractivity contribution in [3.63, 3.8) is 0 Å². The Balaban J connectivity index is 2.07. The molecule has 1 fully saturated rings. The lowest BCUT2D eigenvalue weighted by Gasteiger charge is -2.15. The molecule has 0 aliphatic carbocycles. The van der Waals surface area contributed by atoms with Gasteiger partial charge in [-0.15, -0.1) is 0 Å². The summed E-state index contributed by atoms with van der Waals surface area (Å²) in [6, 6.07) is 3.46. The summed E-state index contributed by atoms with van der Waals surface area (Å²) in [6.45, 7) is 6.49. The van der Waals surface area contributed by atoms with Crippen LogP contribution in [-0.2, 0) is 4.74 Å². The molecule has 1 N–H and O–H groups in total. The predicted molar refractivity (Wildman–Crippen MR) is 74.6 cm³/mol. The molecule has 19 heavy (non-hydrogen) atoms. The minimum atomic E-state index is -0.339. The van der Waals surface area contributed by atoms with Gasteiger partial charge in [0.05, 0.1) is 17.1 Å². The molecule has 5 heteroatoms. The van der Waals surface area contributed by atoms with Crippen LogP contribution in [0.25, 0.3) is 0 Å². The van der Waals surface area contributed by atoms with Crippen LogP contribution in [0, 0.1) is 24.0 Å². The largest absolute Gasteiger partial charge is 0.382 e. The molecule has 2 atom stereocenters. The van der Waals surface area contributed by atoms with Crippen LogP contribution in [0.1, 0.15) is 30.9 Å². The maximum atomic E-state index is 10.9. The molecule has 104 valence electrons. The Kier molecular flexibility index (Phi) is 4.04. The van der Waals surface area contributed by atoms with Gasteiger partial charge in [0.15, 0.2) is 0 Å². The summed E-state index contributed by atoms with van der Waals surface area (Å²) in [7, 11) is 0. The van der Waals surface area contributed by atoms with Gasteiger partial charge in [-0.05, 0) is 45.2 Å². The molecule has 2 unspecified atom stereocenters. The summed E-state index contributed by atoms with van der Waals surface area (Å²) in [5.74, 6) is 0. The van der Waals surface area contributed by atoms with Crippen LogP contribution >= 0.6 is 0 Å². The van der Waals surface area contributed by atoms with Gasteiger partial charge in [-0.1, -0.05) is 0 Å². The highest BCUT2D eigenvalue weighted by atomic mass is 16.6. The summed E-state index contributed by atoms with van der Waals surface area (Å²) in [4.78, 5) is 10.6. The summed E-state index contributed by atoms with van der Waals surface area (Å²) in [5, 5.41) is 14.2. The first-order valence-electron chi connectivity index (χ1n) is 6.62. The van der Waals surface area contributed by atoms with Crippen LogP contribution < -0.4 is 5.32 Å². The number of nitrogens with one attached hydrogen (secondary N) is 1. The first-order valence-corrected chi connectivity index (χ1v) is 6.62. The Labute approximate surface area is 113 Å². The normalized spacial score (nSPS) is 22.5. The van der Waals surface area contributed by atoms with Crippen molar-refractivity contribution in [3.05, 3.63) is 33.4 Å². The highest BCUT2D eigenvalue weighted by molar-refractivity contribution is 5.60. The van der Waals surface area contributed by atoms with Gasteiger partial charge in [0.2, 0.25) is 0 Å². The van der Waals surface area contributed by atoms with Gasteiger partial charge < -0.3 is 10.1 Å². The first kappa shape index (κ1) is 13.8. The number of anilines is 1. The van der Waals surface area contributed by atoms with Crippen molar-refractivity contribution in [2.45, 2.75) is 45.8 Å². The minimum Gasteiger partial charge on any atom is -0.382 e. The maximum absolute atomic E-state index is 10.9. The molecule has 1 aliphatic heterocycles. The van der Waals surface area contributed by atoms with Crippen LogP contribution in [0.5, 0.6) is 0 Å². The second kappa shape index (κ2) is 5.57. The fourth-order valence-corrected chi connectivity index (χ4v) is 2.49. The number of ether oxygens (including phenoxy) is 1. The second-order valence-corrected chi connectivity index (χ2v) is 5.24. The molecule has 1 heterocycles. The third-order valence-corrected chi connectivity index (χ3v) is 3.58. The zero-order chi connectivity index (χ0) is 14.0. The fraction of sp³-hybridized carbons (Fsp3) is 0.571. The molecular formula is C14H20N2O3. The lowest BCUT2D eigenvalue weighted by molar-refractivity contribution is -0.385. The highest BCUT2D eigenvalue weighted by Crippen LogP contribution is 2.27. The van der Waals surface area contributed by atoms with E-state index in [4.69, 9.17) is 4.74 Å². The summed E-state index contributed by atoms with van der Waals surface area (Å²) in [5.41, 5.74) is 2.70. The minimum absolute atomic E-state index is 0.161. The average molecular weight is 264 g/mol. The Morgan fingerprint density at radius 1 is 1.37 bits per heavy atom. The van der Waals surface area contributed by atoms with Gasteiger partial charge in [-0.2, -0.15) is 0 Å². The molecule has 0 spiro atoms. The molecule has 1 saturated heterocycles. The number of hydrogen-bond acceptors (Lipinski definition) is 4. The molecule has 2 rings (SSSR count). The number of nitro groups is 1. The smallest absolute Gasteiger partial charge is 0.274 e. The van der Waals surface area contributed by atoms with Crippen molar-refractivity contribution < 1.29 is 9.66 Å². The molecule has 0 radical (unpaired) electrons. The van der Waals surface area contributed by atoms with Crippen molar-refractivity contribution in [2.75, 3.05) is 11.9 Å². The van der Waals surface area contributed by atoms with E-state index in [1.54, 1.807) is 13.0 Å². The molecule has 0 aromatic heterocycles. The Hall–Kier alpha value is -1.62. The third kappa shape index (κ3) is 3.23. The van der Waals surface area contributed by atoms with E-state index in [9.17, 15) is 10.1 Å². The molecule has 0 bridgehead atoms. The van der Waals surface area contributed by atoms with Gasteiger partial charge in [-0.25, -0.2) is 0 Å². The van der Waals surface area contributed by atoms with E-state index >= 15 is 0 Å². The zero-order valence-corrected chi connectivity index (χ0v) is 11.6. The van der Waals surface area contributed by atoms with Crippen LogP contribution in [0.3, 0.4) is 0 Å². The number of hydrogen-bond donors (Lipinski definition) is 1. The fourth-order valence-electron chi connectivity index (χ4n) is 2.49. The number of nitrogens with zero attached hydrogens (tertiary/aromatic N) is 1. The first-order chi connectivity index (χ1) is 8.97. The lowest BCUT2D eigenvalue weighted by Crippen LogP contribution is -2.20. The highest BCUT2D eigenvalue weighted by Gasteiger charge is 2.22. The van der Waals surface area contributed by atoms with Gasteiger partial charge >= 0.3 is 0 Å². The molecule has 1 aliphatic rings. The average Bonchev–Trinajstić information content (AvgIpc) is 2.73. The van der Waals surface area contributed by atoms with E-state index in [0.717, 1.165) is 24.1 Å². The van der Waals surface area contributed by atoms with Crippen molar-refractivity contribution in [2.24, 2.45) is 0 Å². The van der Waals surface area contributed by atoms with Gasteiger partial charge in [0.25, 0.3) is 5.69 Å². The number of nitro benzene ring substituents is 1. The molecule has 5 nitrogen and oxygen atoms in total. The summed E-state index contributed by atoms with van der Waals surface area (Å²) in [6.07, 6.45) is 2.65. The van der Waals surface area contributed by atoms with Crippen LogP contribution in [0.15, 0.2) is 12.1 Å². The van der Waals surface area contributed by atoms with Crippen LogP contribution in [0.4, 0.5) is 11.4 Å². The van der Waals surface area contributed by atoms with Crippen molar-refractivity contribution in [1.29, 1.82) is 0 Å². The third-order valence-electron chi connectivity index (χ3n) is 3.58. The van der Waals surface area contributed by atoms with E-state index < -0.39 is 0 Å². The quantitative estimate of drug-likeness (QED) is 0.670. The number of aryl methyl sites for hydroxylation is 2. The zero-order valence-electron chi connectivity index (χ0n) is 11.6. The van der Waals surface area contributed by atoms with Gasteiger partial charge in [-0.3, -0.25) is 10.1 Å². The van der Waals surface area contributed by atoms with Crippen molar-refractivity contribution >= 4 is 11.4 Å². The maximum Gasteiger partial charge on any atom is 0.274 e. The predicted octanol–water partition coefficient (Wildman–Crippen LogP) is 3.19. The molecule has 0 saturated carbocycles. The van der Waals surface area contributed by atoms with Crippen molar-refractivity contribution in [3.8, 4) is 0 Å². The van der Waals surface area contributed by atoms with E-state index in [1.807, 2.05) is 13.0 Å². The standard InChI is InChI=1S/C14H20N2O3/c1-9-6-10(2)14(16(17)18)7-13(9)15-8-12-5-4-11(3)19-12/h6-7,11-12,15H,4-5,8H2,1-3H3. The van der Waals surface area contributed by atoms with E-state index in [-0.39, 0.29) is 16.7 Å². The SMILES string of the molecule is Cc1cc(C)c([N+](=O)[O-])cc1NCC1CCC(C)O1. The van der Waals surface area contributed by atoms with Crippen molar-refractivity contribution in [1.82, 2.24) is 0 Å². The second-order valence-electron chi connectivity index (χ2n) is 5.24. The molecule has 1 aromatic rings. The molecule has 1 aromatic carbocycles. The van der Waals surface area contributed by atoms with Gasteiger partial charge in [0.1, 0.15) is 0 Å². The molecular weight excluding hydrogens is 244 g/mol. The molecule has 0 amide bonds. The Morgan fingerprint density at radius 3 is 2.68 bits per heavy atom. The van der Waals surface area contributed by atoms with Gasteiger partial charge in [0, 0.05) is 23.9 Å².